The number of hydrogen-bond donors (Lipinski definition) is 3. The van der Waals surface area contributed by atoms with Gasteiger partial charge in [-0.2, -0.15) is 0 Å². The van der Waals surface area contributed by atoms with Crippen LogP contribution in [0, 0.1) is 10.1 Å². The lowest BCUT2D eigenvalue weighted by molar-refractivity contribution is -0.384. The molecule has 0 bridgehead atoms. The van der Waals surface area contributed by atoms with Crippen LogP contribution in [0.1, 0.15) is 10.4 Å². The number of amides is 2. The van der Waals surface area contributed by atoms with Gasteiger partial charge in [0, 0.05) is 22.3 Å². The molecule has 11 heteroatoms. The van der Waals surface area contributed by atoms with Gasteiger partial charge in [-0.1, -0.05) is 12.1 Å². The van der Waals surface area contributed by atoms with Crippen molar-refractivity contribution in [3.8, 4) is 0 Å². The third kappa shape index (κ3) is 5.77. The van der Waals surface area contributed by atoms with E-state index in [-0.39, 0.29) is 23.5 Å². The molecule has 28 heavy (non-hydrogen) atoms. The molecule has 146 valence electrons. The van der Waals surface area contributed by atoms with Gasteiger partial charge in [0.15, 0.2) is 6.61 Å². The summed E-state index contributed by atoms with van der Waals surface area (Å²) in [5.41, 5.74) is 5.55. The number of para-hydroxylation sites is 1. The second-order valence-corrected chi connectivity index (χ2v) is 6.26. The van der Waals surface area contributed by atoms with Crippen LogP contribution in [0.5, 0.6) is 0 Å². The van der Waals surface area contributed by atoms with Crippen molar-refractivity contribution in [3.63, 3.8) is 0 Å². The van der Waals surface area contributed by atoms with E-state index in [1.54, 1.807) is 24.3 Å². The Balaban J connectivity index is 1.83. The Morgan fingerprint density at radius 2 is 1.86 bits per heavy atom. The fraction of sp³-hybridized carbons (Fsp3) is 0.118. The molecule has 0 aliphatic carbocycles. The summed E-state index contributed by atoms with van der Waals surface area (Å²) in [6.45, 7) is -1.01. The van der Waals surface area contributed by atoms with Gasteiger partial charge in [0.25, 0.3) is 11.6 Å². The molecule has 0 aliphatic heterocycles. The maximum Gasteiger partial charge on any atom is 0.341 e. The van der Waals surface area contributed by atoms with E-state index in [2.05, 4.69) is 26.6 Å². The number of anilines is 2. The minimum absolute atomic E-state index is 0.0242. The Morgan fingerprint density at radius 1 is 1.14 bits per heavy atom. The molecule has 0 unspecified atom stereocenters. The number of ether oxygens (including phenoxy) is 1. The summed E-state index contributed by atoms with van der Waals surface area (Å²) in [5, 5.41) is 15.6. The van der Waals surface area contributed by atoms with E-state index in [0.29, 0.717) is 10.2 Å². The van der Waals surface area contributed by atoms with Gasteiger partial charge in [0.05, 0.1) is 22.7 Å². The number of carbonyl (C=O) groups excluding carboxylic acids is 3. The second-order valence-electron chi connectivity index (χ2n) is 5.41. The van der Waals surface area contributed by atoms with Gasteiger partial charge in [-0.15, -0.1) is 0 Å². The fourth-order valence-corrected chi connectivity index (χ4v) is 2.41. The lowest BCUT2D eigenvalue weighted by Gasteiger charge is -2.09. The number of rotatable bonds is 7. The van der Waals surface area contributed by atoms with Crippen LogP contribution in [0.25, 0.3) is 0 Å². The van der Waals surface area contributed by atoms with Crippen molar-refractivity contribution >= 4 is 50.8 Å². The fourth-order valence-electron chi connectivity index (χ4n) is 2.03. The number of nitrogens with two attached hydrogens (primary N) is 1. The van der Waals surface area contributed by atoms with Crippen LogP contribution in [0.4, 0.5) is 17.1 Å². The molecule has 0 aromatic heterocycles. The van der Waals surface area contributed by atoms with Crippen molar-refractivity contribution in [1.29, 1.82) is 0 Å². The monoisotopic (exact) mass is 450 g/mol. The molecule has 0 fully saturated rings. The molecule has 0 spiro atoms. The number of nitro benzene ring substituents is 1. The van der Waals surface area contributed by atoms with E-state index >= 15 is 0 Å². The molecule has 0 saturated carbocycles. The Bertz CT molecular complexity index is 934. The van der Waals surface area contributed by atoms with Gasteiger partial charge in [-0.3, -0.25) is 19.7 Å². The van der Waals surface area contributed by atoms with E-state index in [9.17, 15) is 24.5 Å². The molecule has 0 heterocycles. The van der Waals surface area contributed by atoms with Crippen molar-refractivity contribution in [2.45, 2.75) is 0 Å². The van der Waals surface area contributed by atoms with Crippen LogP contribution >= 0.6 is 15.9 Å². The van der Waals surface area contributed by atoms with Gasteiger partial charge in [0.2, 0.25) is 5.91 Å². The molecule has 0 aliphatic rings. The van der Waals surface area contributed by atoms with E-state index in [1.165, 1.54) is 6.07 Å². The van der Waals surface area contributed by atoms with Crippen LogP contribution < -0.4 is 16.4 Å². The number of benzene rings is 2. The molecular weight excluding hydrogens is 436 g/mol. The predicted octanol–water partition coefficient (Wildman–Crippen LogP) is 1.85. The number of nitrogens with zero attached hydrogens (tertiary/aromatic N) is 1. The van der Waals surface area contributed by atoms with Crippen LogP contribution in [0.15, 0.2) is 46.9 Å². The summed E-state index contributed by atoms with van der Waals surface area (Å²) >= 11 is 3.28. The van der Waals surface area contributed by atoms with Crippen LogP contribution in [-0.4, -0.2) is 35.9 Å². The zero-order chi connectivity index (χ0) is 20.7. The number of nitrogen functional groups attached to an aromatic ring is 1. The van der Waals surface area contributed by atoms with Crippen LogP contribution in [-0.2, 0) is 14.3 Å². The van der Waals surface area contributed by atoms with E-state index in [1.807, 2.05) is 0 Å². The maximum absolute atomic E-state index is 12.0. The topological polar surface area (TPSA) is 154 Å². The zero-order valence-electron chi connectivity index (χ0n) is 14.3. The zero-order valence-corrected chi connectivity index (χ0v) is 15.9. The summed E-state index contributed by atoms with van der Waals surface area (Å²) in [7, 11) is 0. The number of esters is 1. The summed E-state index contributed by atoms with van der Waals surface area (Å²) in [5.74, 6) is -2.19. The molecule has 0 saturated heterocycles. The highest BCUT2D eigenvalue weighted by Crippen LogP contribution is 2.21. The Morgan fingerprint density at radius 3 is 2.54 bits per heavy atom. The number of halogens is 1. The SMILES string of the molecule is Nc1ccc([N+](=O)[O-])cc1C(=O)OCC(=O)NCC(=O)Nc1ccccc1Br. The average Bonchev–Trinajstić information content (AvgIpc) is 2.66. The van der Waals surface area contributed by atoms with Gasteiger partial charge >= 0.3 is 5.97 Å². The lowest BCUT2D eigenvalue weighted by atomic mass is 10.1. The van der Waals surface area contributed by atoms with Crippen molar-refractivity contribution in [3.05, 3.63) is 62.6 Å². The summed E-state index contributed by atoms with van der Waals surface area (Å²) in [6.07, 6.45) is 0. The molecule has 4 N–H and O–H groups in total. The molecular formula is C17H15BrN4O6. The summed E-state index contributed by atoms with van der Waals surface area (Å²) in [4.78, 5) is 45.6. The number of nitrogens with one attached hydrogen (secondary N) is 2. The van der Waals surface area contributed by atoms with Crippen molar-refractivity contribution in [1.82, 2.24) is 5.32 Å². The van der Waals surface area contributed by atoms with Gasteiger partial charge < -0.3 is 21.1 Å². The van der Waals surface area contributed by atoms with Crippen molar-refractivity contribution < 1.29 is 24.0 Å². The molecule has 2 aromatic carbocycles. The summed E-state index contributed by atoms with van der Waals surface area (Å²) < 4.78 is 5.46. The van der Waals surface area contributed by atoms with Gasteiger partial charge in [-0.25, -0.2) is 4.79 Å². The van der Waals surface area contributed by atoms with Crippen LogP contribution in [0.3, 0.4) is 0 Å². The van der Waals surface area contributed by atoms with Crippen LogP contribution in [0.2, 0.25) is 0 Å². The first-order valence-electron chi connectivity index (χ1n) is 7.80. The number of carbonyl (C=O) groups is 3. The third-order valence-electron chi connectivity index (χ3n) is 3.40. The normalized spacial score (nSPS) is 10.0. The minimum Gasteiger partial charge on any atom is -0.452 e. The predicted molar refractivity (Wildman–Crippen MR) is 104 cm³/mol. The Kier molecular flexibility index (Phi) is 7.04. The molecule has 0 atom stereocenters. The molecule has 2 amide bonds. The largest absolute Gasteiger partial charge is 0.452 e. The standard InChI is InChI=1S/C17H15BrN4O6/c18-12-3-1-2-4-14(12)21-15(23)8-20-16(24)9-28-17(25)11-7-10(22(26)27)5-6-13(11)19/h1-7H,8-9,19H2,(H,20,24)(H,21,23). The van der Waals surface area contributed by atoms with Gasteiger partial charge in [-0.05, 0) is 34.1 Å². The molecule has 10 nitrogen and oxygen atoms in total. The maximum atomic E-state index is 12.0. The Labute approximate surface area is 167 Å². The number of non-ortho nitro benzene ring substituents is 1. The summed E-state index contributed by atoms with van der Waals surface area (Å²) in [6, 6.07) is 10.2. The molecule has 0 radical (unpaired) electrons. The molecule has 2 rings (SSSR count). The highest BCUT2D eigenvalue weighted by molar-refractivity contribution is 9.10. The van der Waals surface area contributed by atoms with E-state index < -0.39 is 29.3 Å². The highest BCUT2D eigenvalue weighted by atomic mass is 79.9. The van der Waals surface area contributed by atoms with E-state index in [4.69, 9.17) is 10.5 Å². The minimum atomic E-state index is -0.992. The van der Waals surface area contributed by atoms with Gasteiger partial charge in [0.1, 0.15) is 0 Å². The lowest BCUT2D eigenvalue weighted by Crippen LogP contribution is -2.35. The Hall–Kier alpha value is -3.47. The van der Waals surface area contributed by atoms with Crippen molar-refractivity contribution in [2.75, 3.05) is 24.2 Å². The third-order valence-corrected chi connectivity index (χ3v) is 4.09. The first-order valence-corrected chi connectivity index (χ1v) is 8.59. The van der Waals surface area contributed by atoms with E-state index in [0.717, 1.165) is 12.1 Å². The smallest absolute Gasteiger partial charge is 0.341 e. The number of hydrogen-bond acceptors (Lipinski definition) is 7. The quantitative estimate of drug-likeness (QED) is 0.251. The number of nitro groups is 1. The van der Waals surface area contributed by atoms with Crippen molar-refractivity contribution in [2.24, 2.45) is 0 Å². The molecule has 2 aromatic rings. The highest BCUT2D eigenvalue weighted by Gasteiger charge is 2.18. The second kappa shape index (κ2) is 9.46. The first-order chi connectivity index (χ1) is 13.3. The average molecular weight is 451 g/mol. The first kappa shape index (κ1) is 20.8.